The van der Waals surface area contributed by atoms with Crippen molar-refractivity contribution in [2.45, 2.75) is 39.6 Å². The fourth-order valence-corrected chi connectivity index (χ4v) is 2.62. The van der Waals surface area contributed by atoms with Gasteiger partial charge in [-0.15, -0.1) is 11.6 Å². The van der Waals surface area contributed by atoms with E-state index < -0.39 is 0 Å². The molecule has 104 valence electrons. The van der Waals surface area contributed by atoms with Gasteiger partial charge in [0.05, 0.1) is 20.5 Å². The van der Waals surface area contributed by atoms with Gasteiger partial charge < -0.3 is 4.57 Å². The zero-order chi connectivity index (χ0) is 14.2. The number of hydrogen-bond donors (Lipinski definition) is 0. The highest BCUT2D eigenvalue weighted by molar-refractivity contribution is 14.1. The second-order valence-electron chi connectivity index (χ2n) is 5.88. The van der Waals surface area contributed by atoms with Crippen molar-refractivity contribution in [1.29, 1.82) is 0 Å². The predicted octanol–water partition coefficient (Wildman–Crippen LogP) is 4.96. The number of halogens is 3. The van der Waals surface area contributed by atoms with Gasteiger partial charge in [-0.1, -0.05) is 20.8 Å². The number of rotatable bonds is 3. The number of alkyl halides is 1. The number of nitrogens with zero attached hydrogens (tertiary/aromatic N) is 2. The lowest BCUT2D eigenvalue weighted by Crippen LogP contribution is -2.12. The van der Waals surface area contributed by atoms with Gasteiger partial charge in [-0.05, 0) is 40.5 Å². The molecule has 0 saturated heterocycles. The maximum absolute atomic E-state index is 13.7. The molecule has 2 aromatic rings. The molecule has 0 spiro atoms. The number of aryl methyl sites for hydroxylation is 1. The summed E-state index contributed by atoms with van der Waals surface area (Å²) in [4.78, 5) is 4.49. The van der Waals surface area contributed by atoms with Crippen molar-refractivity contribution in [3.8, 4) is 0 Å². The lowest BCUT2D eigenvalue weighted by molar-refractivity contribution is 0.351. The van der Waals surface area contributed by atoms with Gasteiger partial charge in [-0.25, -0.2) is 9.37 Å². The van der Waals surface area contributed by atoms with E-state index in [0.29, 0.717) is 9.45 Å². The Balaban J connectivity index is 2.48. The average Bonchev–Trinajstić information content (AvgIpc) is 2.63. The summed E-state index contributed by atoms with van der Waals surface area (Å²) in [6.07, 6.45) is 0.996. The van der Waals surface area contributed by atoms with Gasteiger partial charge in [0.15, 0.2) is 0 Å². The highest BCUT2D eigenvalue weighted by Crippen LogP contribution is 2.26. The smallest absolute Gasteiger partial charge is 0.138 e. The van der Waals surface area contributed by atoms with E-state index in [1.165, 1.54) is 0 Å². The summed E-state index contributed by atoms with van der Waals surface area (Å²) in [5.74, 6) is 0.949. The molecule has 0 radical (unpaired) electrons. The van der Waals surface area contributed by atoms with Crippen molar-refractivity contribution in [2.75, 3.05) is 0 Å². The number of aromatic nitrogens is 2. The first-order valence-corrected chi connectivity index (χ1v) is 7.83. The van der Waals surface area contributed by atoms with Crippen LogP contribution in [0.15, 0.2) is 12.1 Å². The first kappa shape index (κ1) is 15.0. The van der Waals surface area contributed by atoms with Crippen molar-refractivity contribution in [1.82, 2.24) is 9.55 Å². The Morgan fingerprint density at radius 1 is 1.37 bits per heavy atom. The summed E-state index contributed by atoms with van der Waals surface area (Å²) in [6.45, 7) is 7.38. The van der Waals surface area contributed by atoms with Crippen LogP contribution < -0.4 is 0 Å². The zero-order valence-corrected chi connectivity index (χ0v) is 14.2. The molecule has 0 aliphatic carbocycles. The number of imidazole rings is 1. The molecule has 1 aromatic heterocycles. The van der Waals surface area contributed by atoms with E-state index in [1.807, 2.05) is 27.2 Å². The average molecular weight is 395 g/mol. The van der Waals surface area contributed by atoms with Crippen molar-refractivity contribution >= 4 is 45.2 Å². The Morgan fingerprint density at radius 2 is 2.05 bits per heavy atom. The molecule has 0 atom stereocenters. The molecule has 1 heterocycles. The summed E-state index contributed by atoms with van der Waals surface area (Å²) in [5, 5.41) is 0. The highest BCUT2D eigenvalue weighted by atomic mass is 127. The molecule has 0 unspecified atom stereocenters. The number of hydrogen-bond acceptors (Lipinski definition) is 1. The molecule has 2 rings (SSSR count). The van der Waals surface area contributed by atoms with Crippen LogP contribution in [0.1, 0.15) is 33.0 Å². The van der Waals surface area contributed by atoms with Crippen LogP contribution in [0.3, 0.4) is 0 Å². The first-order valence-electron chi connectivity index (χ1n) is 6.22. The molecule has 0 aliphatic heterocycles. The fraction of sp³-hybridized carbons (Fsp3) is 0.500. The van der Waals surface area contributed by atoms with Gasteiger partial charge in [-0.3, -0.25) is 0 Å². The van der Waals surface area contributed by atoms with Crippen LogP contribution in [0.5, 0.6) is 0 Å². The third-order valence-electron chi connectivity index (χ3n) is 3.07. The Kier molecular flexibility index (Phi) is 4.40. The lowest BCUT2D eigenvalue weighted by atomic mass is 9.92. The molecular weight excluding hydrogens is 378 g/mol. The second-order valence-corrected chi connectivity index (χ2v) is 7.31. The van der Waals surface area contributed by atoms with E-state index in [-0.39, 0.29) is 11.2 Å². The Bertz CT molecular complexity index is 601. The van der Waals surface area contributed by atoms with Gasteiger partial charge in [0, 0.05) is 12.6 Å². The van der Waals surface area contributed by atoms with Crippen LogP contribution in [0.2, 0.25) is 0 Å². The van der Waals surface area contributed by atoms with E-state index in [2.05, 4.69) is 25.8 Å². The zero-order valence-electron chi connectivity index (χ0n) is 11.3. The standard InChI is InChI=1S/C14H17ClFIN2/c1-14(2,3)4-5-19-12-6-9(16)10(17)7-11(12)18-13(19)8-15/h6-7H,4-5,8H2,1-3H3. The van der Waals surface area contributed by atoms with Crippen molar-refractivity contribution in [2.24, 2.45) is 5.41 Å². The Hall–Kier alpha value is -0.360. The monoisotopic (exact) mass is 394 g/mol. The molecule has 1 aromatic carbocycles. The molecule has 0 saturated carbocycles. The van der Waals surface area contributed by atoms with Crippen molar-refractivity contribution < 1.29 is 4.39 Å². The molecule has 0 fully saturated rings. The van der Waals surface area contributed by atoms with Crippen LogP contribution in [0, 0.1) is 14.8 Å². The van der Waals surface area contributed by atoms with E-state index >= 15 is 0 Å². The quantitative estimate of drug-likeness (QED) is 0.532. The Labute approximate surface area is 131 Å². The topological polar surface area (TPSA) is 17.8 Å². The minimum absolute atomic E-state index is 0.203. The molecule has 0 aliphatic rings. The molecular formula is C14H17ClFIN2. The molecule has 0 amide bonds. The SMILES string of the molecule is CC(C)(C)CCn1c(CCl)nc2cc(I)c(F)cc21. The lowest BCUT2D eigenvalue weighted by Gasteiger charge is -2.19. The van der Waals surface area contributed by atoms with Gasteiger partial charge in [0.25, 0.3) is 0 Å². The van der Waals surface area contributed by atoms with Crippen molar-refractivity contribution in [3.63, 3.8) is 0 Å². The largest absolute Gasteiger partial charge is 0.327 e. The summed E-state index contributed by atoms with van der Waals surface area (Å²) < 4.78 is 16.4. The fourth-order valence-electron chi connectivity index (χ4n) is 1.97. The highest BCUT2D eigenvalue weighted by Gasteiger charge is 2.16. The molecule has 19 heavy (non-hydrogen) atoms. The van der Waals surface area contributed by atoms with Gasteiger partial charge >= 0.3 is 0 Å². The van der Waals surface area contributed by atoms with Crippen LogP contribution in [-0.2, 0) is 12.4 Å². The number of benzene rings is 1. The van der Waals surface area contributed by atoms with Crippen LogP contribution in [-0.4, -0.2) is 9.55 Å². The van der Waals surface area contributed by atoms with Gasteiger partial charge in [0.1, 0.15) is 11.6 Å². The predicted molar refractivity (Wildman–Crippen MR) is 86.0 cm³/mol. The summed E-state index contributed by atoms with van der Waals surface area (Å²) in [5.41, 5.74) is 1.87. The Morgan fingerprint density at radius 3 is 2.63 bits per heavy atom. The molecule has 2 nitrogen and oxygen atoms in total. The van der Waals surface area contributed by atoms with Crippen molar-refractivity contribution in [3.05, 3.63) is 27.3 Å². The van der Waals surface area contributed by atoms with E-state index in [9.17, 15) is 4.39 Å². The molecule has 5 heteroatoms. The third-order valence-corrected chi connectivity index (χ3v) is 4.14. The second kappa shape index (κ2) is 5.56. The molecule has 0 bridgehead atoms. The van der Waals surface area contributed by atoms with Crippen LogP contribution >= 0.6 is 34.2 Å². The van der Waals surface area contributed by atoms with Gasteiger partial charge in [0.2, 0.25) is 0 Å². The third kappa shape index (κ3) is 3.40. The maximum Gasteiger partial charge on any atom is 0.138 e. The van der Waals surface area contributed by atoms with E-state index in [1.54, 1.807) is 12.1 Å². The van der Waals surface area contributed by atoms with Crippen LogP contribution in [0.25, 0.3) is 11.0 Å². The van der Waals surface area contributed by atoms with Gasteiger partial charge in [-0.2, -0.15) is 0 Å². The first-order chi connectivity index (χ1) is 8.81. The summed E-state index contributed by atoms with van der Waals surface area (Å²) >= 11 is 7.94. The van der Waals surface area contributed by atoms with E-state index in [0.717, 1.165) is 29.8 Å². The normalized spacial score (nSPS) is 12.3. The van der Waals surface area contributed by atoms with Crippen LogP contribution in [0.4, 0.5) is 4.39 Å². The maximum atomic E-state index is 13.7. The minimum atomic E-state index is -0.203. The summed E-state index contributed by atoms with van der Waals surface area (Å²) in [7, 11) is 0. The minimum Gasteiger partial charge on any atom is -0.327 e. The molecule has 0 N–H and O–H groups in total. The van der Waals surface area contributed by atoms with E-state index in [4.69, 9.17) is 11.6 Å². The number of fused-ring (bicyclic) bond motifs is 1. The summed E-state index contributed by atoms with van der Waals surface area (Å²) in [6, 6.07) is 3.33.